The van der Waals surface area contributed by atoms with Crippen molar-refractivity contribution in [3.05, 3.63) is 24.4 Å². The average molecular weight is 342 g/mol. The molecule has 25 heavy (non-hydrogen) atoms. The van der Waals surface area contributed by atoms with Crippen LogP contribution in [0.1, 0.15) is 32.1 Å². The van der Waals surface area contributed by atoms with Crippen LogP contribution in [0.4, 0.5) is 10.6 Å². The molecule has 2 amide bonds. The Balaban J connectivity index is 1.17. The number of pyridine rings is 1. The van der Waals surface area contributed by atoms with Gasteiger partial charge >= 0.3 is 6.03 Å². The van der Waals surface area contributed by atoms with Crippen molar-refractivity contribution in [1.82, 2.24) is 15.6 Å². The maximum Gasteiger partial charge on any atom is 0.315 e. The molecular formula is C19H26N4O2. The number of aromatic nitrogens is 1. The van der Waals surface area contributed by atoms with Crippen LogP contribution in [0.25, 0.3) is 0 Å². The van der Waals surface area contributed by atoms with Gasteiger partial charge in [-0.3, -0.25) is 0 Å². The van der Waals surface area contributed by atoms with Crippen molar-refractivity contribution in [2.75, 3.05) is 24.6 Å². The van der Waals surface area contributed by atoms with E-state index in [2.05, 4.69) is 20.5 Å². The zero-order valence-electron chi connectivity index (χ0n) is 14.5. The van der Waals surface area contributed by atoms with Crippen molar-refractivity contribution < 1.29 is 9.53 Å². The van der Waals surface area contributed by atoms with Crippen LogP contribution in [-0.4, -0.2) is 48.9 Å². The van der Waals surface area contributed by atoms with Gasteiger partial charge in [0, 0.05) is 49.3 Å². The number of carbonyl (C=O) groups excluding carboxylic acids is 1. The predicted molar refractivity (Wildman–Crippen MR) is 94.4 cm³/mol. The van der Waals surface area contributed by atoms with Crippen LogP contribution in [-0.2, 0) is 4.74 Å². The third-order valence-corrected chi connectivity index (χ3v) is 6.82. The molecule has 1 aromatic heterocycles. The summed E-state index contributed by atoms with van der Waals surface area (Å²) in [5.41, 5.74) is 0.244. The van der Waals surface area contributed by atoms with Gasteiger partial charge in [-0.05, 0) is 37.8 Å². The molecule has 0 radical (unpaired) electrons. The molecule has 5 rings (SSSR count). The van der Waals surface area contributed by atoms with Gasteiger partial charge in [-0.25, -0.2) is 9.78 Å². The third-order valence-electron chi connectivity index (χ3n) is 6.82. The van der Waals surface area contributed by atoms with E-state index in [4.69, 9.17) is 4.74 Å². The van der Waals surface area contributed by atoms with E-state index in [0.717, 1.165) is 38.4 Å². The van der Waals surface area contributed by atoms with E-state index in [1.54, 1.807) is 0 Å². The Labute approximate surface area is 148 Å². The maximum atomic E-state index is 12.6. The molecule has 1 spiro atoms. The Bertz CT molecular complexity index is 648. The first-order valence-electron chi connectivity index (χ1n) is 9.61. The Morgan fingerprint density at radius 3 is 2.96 bits per heavy atom. The number of amides is 2. The van der Waals surface area contributed by atoms with Gasteiger partial charge in [0.15, 0.2) is 0 Å². The molecule has 2 saturated carbocycles. The summed E-state index contributed by atoms with van der Waals surface area (Å²) in [5.74, 6) is 1.52. The lowest BCUT2D eigenvalue weighted by Crippen LogP contribution is -2.72. The summed E-state index contributed by atoms with van der Waals surface area (Å²) in [7, 11) is 0. The molecule has 3 heterocycles. The number of carbonyl (C=O) groups is 1. The van der Waals surface area contributed by atoms with Gasteiger partial charge in [-0.1, -0.05) is 12.5 Å². The molecule has 2 saturated heterocycles. The SMILES string of the molecule is O=C(N[C@@H]1CCN(c2ccccn2)C1)N[C@@H]1[C@H]2CCO[C@@H]2C12CCC2. The third kappa shape index (κ3) is 2.41. The first-order chi connectivity index (χ1) is 12.3. The highest BCUT2D eigenvalue weighted by atomic mass is 16.5. The second kappa shape index (κ2) is 5.87. The molecule has 4 aliphatic rings. The fourth-order valence-corrected chi connectivity index (χ4v) is 5.45. The number of hydrogen-bond acceptors (Lipinski definition) is 4. The van der Waals surface area contributed by atoms with E-state index in [-0.39, 0.29) is 17.5 Å². The lowest BCUT2D eigenvalue weighted by Gasteiger charge is -2.63. The van der Waals surface area contributed by atoms with Crippen LogP contribution < -0.4 is 15.5 Å². The Morgan fingerprint density at radius 1 is 1.28 bits per heavy atom. The van der Waals surface area contributed by atoms with Crippen molar-refractivity contribution in [2.24, 2.45) is 11.3 Å². The molecule has 134 valence electrons. The normalized spacial score (nSPS) is 35.0. The van der Waals surface area contributed by atoms with E-state index in [9.17, 15) is 4.79 Å². The molecule has 6 nitrogen and oxygen atoms in total. The molecule has 1 aromatic rings. The minimum atomic E-state index is -0.00510. The minimum absolute atomic E-state index is 0.00510. The molecule has 0 aromatic carbocycles. The summed E-state index contributed by atoms with van der Waals surface area (Å²) in [5, 5.41) is 6.48. The summed E-state index contributed by atoms with van der Waals surface area (Å²) in [6, 6.07) is 6.45. The van der Waals surface area contributed by atoms with Crippen LogP contribution in [0.15, 0.2) is 24.4 Å². The second-order valence-corrected chi connectivity index (χ2v) is 8.05. The Kier molecular flexibility index (Phi) is 3.62. The molecule has 4 atom stereocenters. The molecular weight excluding hydrogens is 316 g/mol. The molecule has 2 aliphatic carbocycles. The Hall–Kier alpha value is -1.82. The summed E-state index contributed by atoms with van der Waals surface area (Å²) in [6.45, 7) is 2.63. The lowest BCUT2D eigenvalue weighted by molar-refractivity contribution is -0.172. The van der Waals surface area contributed by atoms with Crippen molar-refractivity contribution in [2.45, 2.75) is 50.3 Å². The highest BCUT2D eigenvalue weighted by Crippen LogP contribution is 2.62. The largest absolute Gasteiger partial charge is 0.377 e. The number of ether oxygens (including phenoxy) is 1. The molecule has 0 unspecified atom stereocenters. The number of urea groups is 1. The standard InChI is InChI=1S/C19H26N4O2/c24-18(21-13-5-10-23(12-13)15-4-1-2-9-20-15)22-16-14-6-11-25-17(14)19(16)7-3-8-19/h1-2,4,9,13-14,16-17H,3,5-8,10-12H2,(H2,21,22,24)/t13-,14-,16-,17+/m1/s1. The Morgan fingerprint density at radius 2 is 2.20 bits per heavy atom. The predicted octanol–water partition coefficient (Wildman–Crippen LogP) is 1.92. The highest BCUT2D eigenvalue weighted by molar-refractivity contribution is 5.75. The van der Waals surface area contributed by atoms with Crippen LogP contribution in [0.3, 0.4) is 0 Å². The van der Waals surface area contributed by atoms with Gasteiger partial charge in [0.2, 0.25) is 0 Å². The van der Waals surface area contributed by atoms with Crippen LogP contribution in [0, 0.1) is 11.3 Å². The van der Waals surface area contributed by atoms with Crippen molar-refractivity contribution in [3.63, 3.8) is 0 Å². The monoisotopic (exact) mass is 342 g/mol. The molecule has 2 aliphatic heterocycles. The topological polar surface area (TPSA) is 66.5 Å². The van der Waals surface area contributed by atoms with Crippen LogP contribution in [0.5, 0.6) is 0 Å². The van der Waals surface area contributed by atoms with Gasteiger partial charge in [-0.2, -0.15) is 0 Å². The van der Waals surface area contributed by atoms with Crippen molar-refractivity contribution >= 4 is 11.8 Å². The van der Waals surface area contributed by atoms with Crippen LogP contribution in [0.2, 0.25) is 0 Å². The quantitative estimate of drug-likeness (QED) is 0.881. The molecule has 6 heteroatoms. The smallest absolute Gasteiger partial charge is 0.315 e. The second-order valence-electron chi connectivity index (χ2n) is 8.05. The van der Waals surface area contributed by atoms with Gasteiger partial charge in [0.1, 0.15) is 5.82 Å². The number of fused-ring (bicyclic) bond motifs is 2. The number of hydrogen-bond donors (Lipinski definition) is 2. The highest BCUT2D eigenvalue weighted by Gasteiger charge is 2.67. The van der Waals surface area contributed by atoms with E-state index in [1.807, 2.05) is 24.4 Å². The van der Waals surface area contributed by atoms with E-state index in [1.165, 1.54) is 19.3 Å². The van der Waals surface area contributed by atoms with Crippen molar-refractivity contribution in [1.29, 1.82) is 0 Å². The van der Waals surface area contributed by atoms with E-state index in [0.29, 0.717) is 18.1 Å². The fourth-order valence-electron chi connectivity index (χ4n) is 5.45. The maximum absolute atomic E-state index is 12.6. The number of anilines is 1. The van der Waals surface area contributed by atoms with Gasteiger partial charge in [0.25, 0.3) is 0 Å². The fraction of sp³-hybridized carbons (Fsp3) is 0.684. The zero-order chi connectivity index (χ0) is 16.9. The minimum Gasteiger partial charge on any atom is -0.377 e. The van der Waals surface area contributed by atoms with E-state index >= 15 is 0 Å². The van der Waals surface area contributed by atoms with Gasteiger partial charge < -0.3 is 20.3 Å². The number of nitrogens with one attached hydrogen (secondary N) is 2. The summed E-state index contributed by atoms with van der Waals surface area (Å²) >= 11 is 0. The summed E-state index contributed by atoms with van der Waals surface area (Å²) in [6.07, 6.45) is 7.96. The van der Waals surface area contributed by atoms with E-state index < -0.39 is 0 Å². The first kappa shape index (κ1) is 15.4. The first-order valence-corrected chi connectivity index (χ1v) is 9.61. The average Bonchev–Trinajstić information content (AvgIpc) is 3.20. The van der Waals surface area contributed by atoms with Gasteiger partial charge in [0.05, 0.1) is 6.10 Å². The van der Waals surface area contributed by atoms with Crippen molar-refractivity contribution in [3.8, 4) is 0 Å². The van der Waals surface area contributed by atoms with Crippen LogP contribution >= 0.6 is 0 Å². The van der Waals surface area contributed by atoms with Gasteiger partial charge in [-0.15, -0.1) is 0 Å². The molecule has 0 bridgehead atoms. The number of nitrogens with zero attached hydrogens (tertiary/aromatic N) is 2. The number of rotatable bonds is 3. The molecule has 2 N–H and O–H groups in total. The summed E-state index contributed by atoms with van der Waals surface area (Å²) < 4.78 is 5.93. The zero-order valence-corrected chi connectivity index (χ0v) is 14.5. The molecule has 4 fully saturated rings. The summed E-state index contributed by atoms with van der Waals surface area (Å²) in [4.78, 5) is 19.2. The lowest BCUT2D eigenvalue weighted by atomic mass is 9.46.